The molecule has 4 rings (SSSR count). The molecule has 1 aromatic carbocycles. The molecule has 3 fully saturated rings. The third-order valence-corrected chi connectivity index (χ3v) is 6.05. The molecule has 4 amide bonds. The molecule has 1 heterocycles. The lowest BCUT2D eigenvalue weighted by atomic mass is 9.91. The highest BCUT2D eigenvalue weighted by Gasteiger charge is 2.56. The van der Waals surface area contributed by atoms with Crippen LogP contribution in [0.1, 0.15) is 36.8 Å². The van der Waals surface area contributed by atoms with E-state index in [1.165, 1.54) is 12.1 Å². The van der Waals surface area contributed by atoms with Gasteiger partial charge >= 0.3 is 12.2 Å². The second-order valence-electron chi connectivity index (χ2n) is 8.21. The smallest absolute Gasteiger partial charge is 0.353 e. The zero-order valence-electron chi connectivity index (χ0n) is 15.6. The fourth-order valence-corrected chi connectivity index (χ4v) is 4.05. The first-order valence-electron chi connectivity index (χ1n) is 9.76. The van der Waals surface area contributed by atoms with Crippen molar-refractivity contribution < 1.29 is 27.6 Å². The number of urea groups is 1. The highest BCUT2D eigenvalue weighted by Crippen LogP contribution is 2.42. The van der Waals surface area contributed by atoms with E-state index in [1.807, 2.05) is 0 Å². The molecule has 1 saturated heterocycles. The first-order valence-corrected chi connectivity index (χ1v) is 9.76. The van der Waals surface area contributed by atoms with Crippen molar-refractivity contribution in [3.8, 4) is 0 Å². The molecule has 29 heavy (non-hydrogen) atoms. The van der Waals surface area contributed by atoms with Crippen LogP contribution >= 0.6 is 0 Å². The first-order chi connectivity index (χ1) is 13.7. The molecule has 3 N–H and O–H groups in total. The molecule has 2 aliphatic carbocycles. The maximum atomic E-state index is 12.8. The average Bonchev–Trinajstić information content (AvgIpc) is 3.55. The topological polar surface area (TPSA) is 87.3 Å². The molecule has 9 heteroatoms. The summed E-state index contributed by atoms with van der Waals surface area (Å²) in [6.07, 6.45) is -0.658. The van der Waals surface area contributed by atoms with Crippen LogP contribution < -0.4 is 16.0 Å². The Morgan fingerprint density at radius 3 is 2.28 bits per heavy atom. The summed E-state index contributed by atoms with van der Waals surface area (Å²) in [7, 11) is 0. The number of rotatable bonds is 7. The van der Waals surface area contributed by atoms with Crippen LogP contribution in [0.4, 0.5) is 18.0 Å². The Balaban J connectivity index is 1.42. The molecule has 1 aliphatic heterocycles. The Kier molecular flexibility index (Phi) is 4.78. The minimum absolute atomic E-state index is 0.00328. The van der Waals surface area contributed by atoms with E-state index in [0.717, 1.165) is 37.8 Å². The maximum Gasteiger partial charge on any atom is 0.416 e. The maximum absolute atomic E-state index is 12.8. The largest absolute Gasteiger partial charge is 0.416 e. The van der Waals surface area contributed by atoms with E-state index in [-0.39, 0.29) is 30.2 Å². The summed E-state index contributed by atoms with van der Waals surface area (Å²) < 4.78 is 38.2. The number of nitrogens with one attached hydrogen (secondary N) is 3. The standard InChI is InChI=1S/C20H22F3N3O3/c21-20(22,23)14-5-1-11(2-6-14)9-15(12-3-4-12)16(27)24-10-19(13-7-8-13)17(28)25-18(29)26-19/h1-2,5-6,12-13,15H,3-4,7-10H2,(H,24,27)(H2,25,26,28,29). The zero-order valence-corrected chi connectivity index (χ0v) is 15.6. The van der Waals surface area contributed by atoms with E-state index in [2.05, 4.69) is 16.0 Å². The molecule has 6 nitrogen and oxygen atoms in total. The Hall–Kier alpha value is -2.58. The molecule has 3 aliphatic rings. The molecule has 2 atom stereocenters. The summed E-state index contributed by atoms with van der Waals surface area (Å²) in [6.45, 7) is 0.0182. The lowest BCUT2D eigenvalue weighted by Crippen LogP contribution is -2.57. The SMILES string of the molecule is O=C1NC(=O)C(CNC(=O)C(Cc2ccc(C(F)(F)F)cc2)C2CC2)(C2CC2)N1. The summed E-state index contributed by atoms with van der Waals surface area (Å²) in [5.74, 6) is -0.842. The van der Waals surface area contributed by atoms with Crippen LogP contribution in [0, 0.1) is 17.8 Å². The van der Waals surface area contributed by atoms with E-state index in [0.29, 0.717) is 12.0 Å². The van der Waals surface area contributed by atoms with Gasteiger partial charge in [0.25, 0.3) is 5.91 Å². The van der Waals surface area contributed by atoms with Crippen molar-refractivity contribution in [1.82, 2.24) is 16.0 Å². The Bertz CT molecular complexity index is 832. The van der Waals surface area contributed by atoms with Crippen molar-refractivity contribution in [1.29, 1.82) is 0 Å². The molecule has 0 bridgehead atoms. The van der Waals surface area contributed by atoms with Gasteiger partial charge in [-0.2, -0.15) is 13.2 Å². The van der Waals surface area contributed by atoms with Crippen molar-refractivity contribution in [2.24, 2.45) is 17.8 Å². The Morgan fingerprint density at radius 2 is 1.79 bits per heavy atom. The molecule has 2 unspecified atom stereocenters. The van der Waals surface area contributed by atoms with E-state index in [9.17, 15) is 27.6 Å². The van der Waals surface area contributed by atoms with Gasteiger partial charge in [-0.05, 0) is 61.6 Å². The number of benzene rings is 1. The minimum Gasteiger partial charge on any atom is -0.353 e. The summed E-state index contributed by atoms with van der Waals surface area (Å²) in [6, 6.07) is 4.30. The molecule has 0 radical (unpaired) electrons. The number of carbonyl (C=O) groups is 3. The Labute approximate surface area is 165 Å². The van der Waals surface area contributed by atoms with Crippen molar-refractivity contribution in [2.45, 2.75) is 43.8 Å². The van der Waals surface area contributed by atoms with E-state index in [1.54, 1.807) is 0 Å². The van der Waals surface area contributed by atoms with Gasteiger partial charge in [-0.3, -0.25) is 14.9 Å². The predicted octanol–water partition coefficient (Wildman–Crippen LogP) is 2.38. The summed E-state index contributed by atoms with van der Waals surface area (Å²) in [5.41, 5.74) is -1.16. The van der Waals surface area contributed by atoms with Gasteiger partial charge in [0.15, 0.2) is 0 Å². The first kappa shape index (κ1) is 19.7. The monoisotopic (exact) mass is 409 g/mol. The minimum atomic E-state index is -4.39. The molecule has 156 valence electrons. The van der Waals surface area contributed by atoms with Crippen LogP contribution in [0.15, 0.2) is 24.3 Å². The summed E-state index contributed by atoms with van der Waals surface area (Å²) >= 11 is 0. The van der Waals surface area contributed by atoms with Gasteiger partial charge in [0.1, 0.15) is 5.54 Å². The van der Waals surface area contributed by atoms with E-state index < -0.39 is 29.2 Å². The number of amides is 4. The number of hydrogen-bond donors (Lipinski definition) is 3. The third-order valence-electron chi connectivity index (χ3n) is 6.05. The fourth-order valence-electron chi connectivity index (χ4n) is 4.05. The van der Waals surface area contributed by atoms with Gasteiger partial charge in [0.2, 0.25) is 5.91 Å². The lowest BCUT2D eigenvalue weighted by Gasteiger charge is -2.27. The van der Waals surface area contributed by atoms with Gasteiger partial charge < -0.3 is 10.6 Å². The fraction of sp³-hybridized carbons (Fsp3) is 0.550. The molecule has 2 saturated carbocycles. The van der Waals surface area contributed by atoms with Crippen LogP contribution in [0.25, 0.3) is 0 Å². The molecular weight excluding hydrogens is 387 g/mol. The van der Waals surface area contributed by atoms with Gasteiger partial charge in [-0.25, -0.2) is 4.79 Å². The van der Waals surface area contributed by atoms with Crippen molar-refractivity contribution in [2.75, 3.05) is 6.54 Å². The summed E-state index contributed by atoms with van der Waals surface area (Å²) in [4.78, 5) is 36.7. The van der Waals surface area contributed by atoms with E-state index in [4.69, 9.17) is 0 Å². The number of halogens is 3. The molecule has 1 aromatic rings. The lowest BCUT2D eigenvalue weighted by molar-refractivity contribution is -0.137. The third kappa shape index (κ3) is 4.09. The Morgan fingerprint density at radius 1 is 1.14 bits per heavy atom. The molecular formula is C20H22F3N3O3. The van der Waals surface area contributed by atoms with Crippen LogP contribution in [-0.4, -0.2) is 29.9 Å². The van der Waals surface area contributed by atoms with Crippen LogP contribution in [-0.2, 0) is 22.2 Å². The van der Waals surface area contributed by atoms with Gasteiger partial charge in [0.05, 0.1) is 12.1 Å². The van der Waals surface area contributed by atoms with Crippen LogP contribution in [0.5, 0.6) is 0 Å². The predicted molar refractivity (Wildman–Crippen MR) is 96.5 cm³/mol. The number of carbonyl (C=O) groups excluding carboxylic acids is 3. The van der Waals surface area contributed by atoms with Gasteiger partial charge in [-0.15, -0.1) is 0 Å². The van der Waals surface area contributed by atoms with Crippen LogP contribution in [0.3, 0.4) is 0 Å². The zero-order chi connectivity index (χ0) is 20.8. The van der Waals surface area contributed by atoms with Gasteiger partial charge in [-0.1, -0.05) is 12.1 Å². The van der Waals surface area contributed by atoms with Crippen molar-refractivity contribution >= 4 is 17.8 Å². The average molecular weight is 409 g/mol. The second kappa shape index (κ2) is 7.03. The van der Waals surface area contributed by atoms with Crippen LogP contribution in [0.2, 0.25) is 0 Å². The number of hydrogen-bond acceptors (Lipinski definition) is 3. The van der Waals surface area contributed by atoms with Gasteiger partial charge in [0, 0.05) is 5.92 Å². The molecule has 0 spiro atoms. The molecule has 0 aromatic heterocycles. The van der Waals surface area contributed by atoms with E-state index >= 15 is 0 Å². The summed E-state index contributed by atoms with van der Waals surface area (Å²) in [5, 5.41) is 7.73. The van der Waals surface area contributed by atoms with Crippen molar-refractivity contribution in [3.05, 3.63) is 35.4 Å². The second-order valence-corrected chi connectivity index (χ2v) is 8.21. The quantitative estimate of drug-likeness (QED) is 0.605. The highest BCUT2D eigenvalue weighted by atomic mass is 19.4. The number of alkyl halides is 3. The normalized spacial score (nSPS) is 25.3. The number of imide groups is 1. The highest BCUT2D eigenvalue weighted by molar-refractivity contribution is 6.07. The van der Waals surface area contributed by atoms with Crippen molar-refractivity contribution in [3.63, 3.8) is 0 Å².